The van der Waals surface area contributed by atoms with Crippen LogP contribution in [0.2, 0.25) is 0 Å². The Hall–Kier alpha value is -1.84. The maximum Gasteiger partial charge on any atom is 0.188 e. The standard InChI is InChI=1S/C16H17NO2/c1-18-16-15(19-16)13-9-7-12(8-10-13)11-17-14-5-3-2-4-6-14/h2-10,15-17H,11H2,1H3. The van der Waals surface area contributed by atoms with Crippen molar-refractivity contribution in [3.63, 3.8) is 0 Å². The molecule has 1 fully saturated rings. The van der Waals surface area contributed by atoms with E-state index in [2.05, 4.69) is 41.7 Å². The third-order valence-corrected chi connectivity index (χ3v) is 3.26. The molecule has 19 heavy (non-hydrogen) atoms. The van der Waals surface area contributed by atoms with Gasteiger partial charge in [-0.3, -0.25) is 0 Å². The molecular weight excluding hydrogens is 238 g/mol. The van der Waals surface area contributed by atoms with Crippen molar-refractivity contribution in [2.24, 2.45) is 0 Å². The first kappa shape index (κ1) is 12.2. The number of para-hydroxylation sites is 1. The number of rotatable bonds is 5. The van der Waals surface area contributed by atoms with E-state index in [1.165, 1.54) is 11.1 Å². The van der Waals surface area contributed by atoms with Crippen molar-refractivity contribution in [3.05, 3.63) is 65.7 Å². The minimum Gasteiger partial charge on any atom is -0.381 e. The SMILES string of the molecule is COC1OC1c1ccc(CNc2ccccc2)cc1. The van der Waals surface area contributed by atoms with Crippen LogP contribution in [-0.4, -0.2) is 13.4 Å². The average molecular weight is 255 g/mol. The molecule has 98 valence electrons. The van der Waals surface area contributed by atoms with Gasteiger partial charge in [0.15, 0.2) is 6.29 Å². The summed E-state index contributed by atoms with van der Waals surface area (Å²) in [5.41, 5.74) is 3.56. The zero-order valence-corrected chi connectivity index (χ0v) is 10.9. The fourth-order valence-corrected chi connectivity index (χ4v) is 2.10. The normalized spacial score (nSPS) is 21.1. The molecule has 1 aliphatic rings. The number of methoxy groups -OCH3 is 1. The third kappa shape index (κ3) is 2.95. The molecule has 3 heteroatoms. The van der Waals surface area contributed by atoms with E-state index in [-0.39, 0.29) is 12.4 Å². The first-order valence-electron chi connectivity index (χ1n) is 6.43. The molecular formula is C16H17NO2. The Morgan fingerprint density at radius 3 is 2.42 bits per heavy atom. The van der Waals surface area contributed by atoms with Gasteiger partial charge in [0.25, 0.3) is 0 Å². The Morgan fingerprint density at radius 2 is 1.79 bits per heavy atom. The summed E-state index contributed by atoms with van der Waals surface area (Å²) in [5.74, 6) is 0. The molecule has 3 nitrogen and oxygen atoms in total. The Balaban J connectivity index is 1.58. The fraction of sp³-hybridized carbons (Fsp3) is 0.250. The Bertz CT molecular complexity index is 524. The van der Waals surface area contributed by atoms with Crippen LogP contribution in [0.25, 0.3) is 0 Å². The third-order valence-electron chi connectivity index (χ3n) is 3.26. The lowest BCUT2D eigenvalue weighted by atomic mass is 10.1. The highest BCUT2D eigenvalue weighted by Crippen LogP contribution is 2.38. The van der Waals surface area contributed by atoms with Crippen molar-refractivity contribution in [2.45, 2.75) is 18.9 Å². The molecule has 0 saturated carbocycles. The maximum absolute atomic E-state index is 5.38. The van der Waals surface area contributed by atoms with E-state index < -0.39 is 0 Å². The quantitative estimate of drug-likeness (QED) is 0.832. The predicted octanol–water partition coefficient (Wildman–Crippen LogP) is 3.34. The van der Waals surface area contributed by atoms with E-state index in [0.717, 1.165) is 12.2 Å². The molecule has 3 rings (SSSR count). The lowest BCUT2D eigenvalue weighted by molar-refractivity contribution is 0.0950. The van der Waals surface area contributed by atoms with Crippen molar-refractivity contribution >= 4 is 5.69 Å². The lowest BCUT2D eigenvalue weighted by Gasteiger charge is -2.06. The molecule has 2 aromatic rings. The second-order valence-electron chi connectivity index (χ2n) is 4.62. The van der Waals surface area contributed by atoms with Crippen molar-refractivity contribution < 1.29 is 9.47 Å². The molecule has 1 N–H and O–H groups in total. The van der Waals surface area contributed by atoms with Crippen LogP contribution in [0.5, 0.6) is 0 Å². The molecule has 1 aliphatic heterocycles. The van der Waals surface area contributed by atoms with Gasteiger partial charge in [-0.1, -0.05) is 42.5 Å². The Kier molecular flexibility index (Phi) is 3.49. The molecule has 0 aromatic heterocycles. The molecule has 1 heterocycles. The van der Waals surface area contributed by atoms with Gasteiger partial charge < -0.3 is 14.8 Å². The van der Waals surface area contributed by atoms with E-state index >= 15 is 0 Å². The molecule has 2 unspecified atom stereocenters. The highest BCUT2D eigenvalue weighted by molar-refractivity contribution is 5.43. The van der Waals surface area contributed by atoms with Gasteiger partial charge in [0.1, 0.15) is 6.10 Å². The first-order chi connectivity index (χ1) is 9.36. The van der Waals surface area contributed by atoms with Crippen LogP contribution in [0.1, 0.15) is 17.2 Å². The Morgan fingerprint density at radius 1 is 1.05 bits per heavy atom. The summed E-state index contributed by atoms with van der Waals surface area (Å²) >= 11 is 0. The predicted molar refractivity (Wildman–Crippen MR) is 74.8 cm³/mol. The van der Waals surface area contributed by atoms with Crippen molar-refractivity contribution in [1.29, 1.82) is 0 Å². The van der Waals surface area contributed by atoms with E-state index in [1.54, 1.807) is 7.11 Å². The van der Waals surface area contributed by atoms with Crippen LogP contribution in [-0.2, 0) is 16.0 Å². The summed E-state index contributed by atoms with van der Waals surface area (Å²) in [7, 11) is 1.67. The number of anilines is 1. The van der Waals surface area contributed by atoms with Crippen molar-refractivity contribution in [2.75, 3.05) is 12.4 Å². The van der Waals surface area contributed by atoms with E-state index in [0.29, 0.717) is 0 Å². The van der Waals surface area contributed by atoms with Gasteiger partial charge in [0.05, 0.1) is 0 Å². The molecule has 0 amide bonds. The molecule has 0 spiro atoms. The molecule has 2 atom stereocenters. The molecule has 2 aromatic carbocycles. The number of epoxide rings is 1. The minimum atomic E-state index is -0.0618. The number of hydrogen-bond donors (Lipinski definition) is 1. The zero-order valence-electron chi connectivity index (χ0n) is 10.9. The summed E-state index contributed by atoms with van der Waals surface area (Å²) in [6.45, 7) is 0.823. The van der Waals surface area contributed by atoms with Crippen LogP contribution in [0.4, 0.5) is 5.69 Å². The second-order valence-corrected chi connectivity index (χ2v) is 4.62. The first-order valence-corrected chi connectivity index (χ1v) is 6.43. The molecule has 1 saturated heterocycles. The summed E-state index contributed by atoms with van der Waals surface area (Å²) in [4.78, 5) is 0. The zero-order chi connectivity index (χ0) is 13.1. The number of hydrogen-bond acceptors (Lipinski definition) is 3. The monoisotopic (exact) mass is 255 g/mol. The van der Waals surface area contributed by atoms with Crippen molar-refractivity contribution in [3.8, 4) is 0 Å². The van der Waals surface area contributed by atoms with Crippen LogP contribution in [0.15, 0.2) is 54.6 Å². The molecule has 0 bridgehead atoms. The van der Waals surface area contributed by atoms with Crippen molar-refractivity contribution in [1.82, 2.24) is 0 Å². The largest absolute Gasteiger partial charge is 0.381 e. The van der Waals surface area contributed by atoms with Gasteiger partial charge in [0, 0.05) is 19.3 Å². The maximum atomic E-state index is 5.38. The number of ether oxygens (including phenoxy) is 2. The highest BCUT2D eigenvalue weighted by atomic mass is 16.8. The number of benzene rings is 2. The lowest BCUT2D eigenvalue weighted by Crippen LogP contribution is -1.99. The topological polar surface area (TPSA) is 33.8 Å². The van der Waals surface area contributed by atoms with Gasteiger partial charge in [-0.05, 0) is 23.3 Å². The van der Waals surface area contributed by atoms with Crippen LogP contribution in [0.3, 0.4) is 0 Å². The van der Waals surface area contributed by atoms with E-state index in [1.807, 2.05) is 18.2 Å². The van der Waals surface area contributed by atoms with Gasteiger partial charge in [0.2, 0.25) is 0 Å². The van der Waals surface area contributed by atoms with Gasteiger partial charge >= 0.3 is 0 Å². The van der Waals surface area contributed by atoms with E-state index in [9.17, 15) is 0 Å². The van der Waals surface area contributed by atoms with Gasteiger partial charge in [-0.25, -0.2) is 0 Å². The van der Waals surface area contributed by atoms with Crippen LogP contribution in [0, 0.1) is 0 Å². The fourth-order valence-electron chi connectivity index (χ4n) is 2.10. The number of nitrogens with one attached hydrogen (secondary N) is 1. The molecule has 0 radical (unpaired) electrons. The van der Waals surface area contributed by atoms with E-state index in [4.69, 9.17) is 9.47 Å². The minimum absolute atomic E-state index is 0.0618. The average Bonchev–Trinajstić information content (AvgIpc) is 3.26. The summed E-state index contributed by atoms with van der Waals surface area (Å²) in [6.07, 6.45) is 0.0504. The second kappa shape index (κ2) is 5.43. The summed E-state index contributed by atoms with van der Waals surface area (Å²) in [5, 5.41) is 3.39. The smallest absolute Gasteiger partial charge is 0.188 e. The highest BCUT2D eigenvalue weighted by Gasteiger charge is 2.40. The van der Waals surface area contributed by atoms with Crippen LogP contribution >= 0.6 is 0 Å². The van der Waals surface area contributed by atoms with Gasteiger partial charge in [-0.2, -0.15) is 0 Å². The summed E-state index contributed by atoms with van der Waals surface area (Å²) < 4.78 is 10.5. The van der Waals surface area contributed by atoms with Crippen LogP contribution < -0.4 is 5.32 Å². The summed E-state index contributed by atoms with van der Waals surface area (Å²) in [6, 6.07) is 18.7. The van der Waals surface area contributed by atoms with Gasteiger partial charge in [-0.15, -0.1) is 0 Å². The Labute approximate surface area is 113 Å². The molecule has 0 aliphatic carbocycles.